The minimum Gasteiger partial charge on any atom is -0.469 e. The highest BCUT2D eigenvalue weighted by Gasteiger charge is 2.40. The summed E-state index contributed by atoms with van der Waals surface area (Å²) in [6.07, 6.45) is 3.71. The Morgan fingerprint density at radius 1 is 1.17 bits per heavy atom. The molecule has 0 aromatic rings. The van der Waals surface area contributed by atoms with Crippen LogP contribution in [0.4, 0.5) is 0 Å². The molecule has 18 heavy (non-hydrogen) atoms. The van der Waals surface area contributed by atoms with Crippen molar-refractivity contribution in [1.82, 2.24) is 0 Å². The van der Waals surface area contributed by atoms with Crippen molar-refractivity contribution in [1.29, 1.82) is 0 Å². The van der Waals surface area contributed by atoms with Gasteiger partial charge in [0.05, 0.1) is 24.9 Å². The molecular formula is C12H22O5S. The highest BCUT2D eigenvalue weighted by molar-refractivity contribution is 7.86. The van der Waals surface area contributed by atoms with E-state index in [0.29, 0.717) is 12.8 Å². The molecular weight excluding hydrogens is 256 g/mol. The molecule has 0 heterocycles. The van der Waals surface area contributed by atoms with Crippen molar-refractivity contribution in [3.63, 3.8) is 0 Å². The summed E-state index contributed by atoms with van der Waals surface area (Å²) in [7, 11) is -2.00. The fourth-order valence-electron chi connectivity index (χ4n) is 2.56. The Bertz CT molecular complexity index is 391. The lowest BCUT2D eigenvalue weighted by Gasteiger charge is -2.36. The Labute approximate surface area is 109 Å². The van der Waals surface area contributed by atoms with Gasteiger partial charge in [0.25, 0.3) is 10.1 Å². The molecule has 0 bridgehead atoms. The molecule has 0 aliphatic heterocycles. The van der Waals surface area contributed by atoms with Crippen molar-refractivity contribution in [2.24, 2.45) is 11.3 Å². The highest BCUT2D eigenvalue weighted by atomic mass is 32.2. The summed E-state index contributed by atoms with van der Waals surface area (Å²) in [5, 5.41) is 0. The molecule has 0 atom stereocenters. The number of rotatable bonds is 4. The minimum atomic E-state index is -3.39. The Hall–Kier alpha value is -0.620. The number of carbonyl (C=O) groups excluding carboxylic acids is 1. The number of ether oxygens (including phenoxy) is 1. The fraction of sp³-hybridized carbons (Fsp3) is 0.917. The second-order valence-electron chi connectivity index (χ2n) is 5.49. The largest absolute Gasteiger partial charge is 0.469 e. The average molecular weight is 278 g/mol. The van der Waals surface area contributed by atoms with E-state index in [1.54, 1.807) is 0 Å². The van der Waals surface area contributed by atoms with Gasteiger partial charge in [-0.15, -0.1) is 0 Å². The SMILES string of the molecule is COC(=O)C(C)(C)C1CCC(OS(C)(=O)=O)CC1. The van der Waals surface area contributed by atoms with Gasteiger partial charge in [-0.1, -0.05) is 0 Å². The first-order chi connectivity index (χ1) is 8.16. The molecule has 1 aliphatic carbocycles. The molecule has 5 nitrogen and oxygen atoms in total. The molecule has 1 aliphatic rings. The van der Waals surface area contributed by atoms with Crippen LogP contribution in [0.5, 0.6) is 0 Å². The summed E-state index contributed by atoms with van der Waals surface area (Å²) >= 11 is 0. The van der Waals surface area contributed by atoms with Crippen LogP contribution in [0.15, 0.2) is 0 Å². The molecule has 0 saturated heterocycles. The van der Waals surface area contributed by atoms with Crippen molar-refractivity contribution in [2.75, 3.05) is 13.4 Å². The van der Waals surface area contributed by atoms with E-state index in [9.17, 15) is 13.2 Å². The number of methoxy groups -OCH3 is 1. The third kappa shape index (κ3) is 3.95. The zero-order chi connectivity index (χ0) is 14.0. The Balaban J connectivity index is 2.56. The second kappa shape index (κ2) is 5.57. The van der Waals surface area contributed by atoms with E-state index < -0.39 is 15.5 Å². The van der Waals surface area contributed by atoms with Gasteiger partial charge in [0.1, 0.15) is 0 Å². The third-order valence-corrected chi connectivity index (χ3v) is 4.34. The molecule has 1 fully saturated rings. The van der Waals surface area contributed by atoms with Crippen LogP contribution in [0.2, 0.25) is 0 Å². The van der Waals surface area contributed by atoms with Gasteiger partial charge in [0.15, 0.2) is 0 Å². The van der Waals surface area contributed by atoms with Crippen molar-refractivity contribution in [2.45, 2.75) is 45.6 Å². The van der Waals surface area contributed by atoms with Crippen LogP contribution in [0.25, 0.3) is 0 Å². The summed E-state index contributed by atoms with van der Waals surface area (Å²) in [4.78, 5) is 11.7. The number of hydrogen-bond acceptors (Lipinski definition) is 5. The standard InChI is InChI=1S/C12H22O5S/c1-12(2,11(13)16-3)9-5-7-10(8-6-9)17-18(4,14)15/h9-10H,5-8H2,1-4H3. The van der Waals surface area contributed by atoms with Crippen LogP contribution < -0.4 is 0 Å². The van der Waals surface area contributed by atoms with Gasteiger partial charge >= 0.3 is 5.97 Å². The van der Waals surface area contributed by atoms with Gasteiger partial charge < -0.3 is 4.74 Å². The highest BCUT2D eigenvalue weighted by Crippen LogP contribution is 2.40. The van der Waals surface area contributed by atoms with E-state index in [2.05, 4.69) is 0 Å². The topological polar surface area (TPSA) is 69.7 Å². The monoisotopic (exact) mass is 278 g/mol. The van der Waals surface area contributed by atoms with Gasteiger partial charge in [0.2, 0.25) is 0 Å². The lowest BCUT2D eigenvalue weighted by molar-refractivity contribution is -0.155. The van der Waals surface area contributed by atoms with Crippen LogP contribution in [0.3, 0.4) is 0 Å². The molecule has 1 rings (SSSR count). The summed E-state index contributed by atoms with van der Waals surface area (Å²) in [5.41, 5.74) is -0.523. The predicted octanol–water partition coefficient (Wildman–Crippen LogP) is 1.72. The lowest BCUT2D eigenvalue weighted by atomic mass is 9.70. The van der Waals surface area contributed by atoms with Gasteiger partial charge in [0, 0.05) is 0 Å². The minimum absolute atomic E-state index is 0.212. The molecule has 0 radical (unpaired) electrons. The molecule has 106 valence electrons. The van der Waals surface area contributed by atoms with Crippen LogP contribution in [0, 0.1) is 11.3 Å². The summed E-state index contributed by atoms with van der Waals surface area (Å²) in [6.45, 7) is 3.75. The molecule has 0 amide bonds. The third-order valence-electron chi connectivity index (χ3n) is 3.72. The van der Waals surface area contributed by atoms with E-state index in [-0.39, 0.29) is 18.0 Å². The van der Waals surface area contributed by atoms with Gasteiger partial charge in [-0.05, 0) is 45.4 Å². The van der Waals surface area contributed by atoms with Crippen molar-refractivity contribution >= 4 is 16.1 Å². The molecule has 0 aromatic heterocycles. The smallest absolute Gasteiger partial charge is 0.311 e. The summed E-state index contributed by atoms with van der Waals surface area (Å²) in [6, 6.07) is 0. The molecule has 0 unspecified atom stereocenters. The van der Waals surface area contributed by atoms with Crippen LogP contribution >= 0.6 is 0 Å². The molecule has 1 saturated carbocycles. The maximum absolute atomic E-state index is 11.7. The Morgan fingerprint density at radius 2 is 1.67 bits per heavy atom. The Kier molecular flexibility index (Phi) is 4.78. The average Bonchev–Trinajstić information content (AvgIpc) is 2.26. The second-order valence-corrected chi connectivity index (χ2v) is 7.09. The van der Waals surface area contributed by atoms with E-state index >= 15 is 0 Å². The van der Waals surface area contributed by atoms with Gasteiger partial charge in [-0.2, -0.15) is 8.42 Å². The quantitative estimate of drug-likeness (QED) is 0.578. The van der Waals surface area contributed by atoms with Crippen LogP contribution in [0.1, 0.15) is 39.5 Å². The lowest BCUT2D eigenvalue weighted by Crippen LogP contribution is -2.37. The van der Waals surface area contributed by atoms with Crippen molar-refractivity contribution in [3.8, 4) is 0 Å². The Morgan fingerprint density at radius 3 is 2.06 bits per heavy atom. The van der Waals surface area contributed by atoms with Crippen molar-refractivity contribution in [3.05, 3.63) is 0 Å². The zero-order valence-corrected chi connectivity index (χ0v) is 12.2. The molecule has 0 N–H and O–H groups in total. The maximum atomic E-state index is 11.7. The normalized spacial score (nSPS) is 25.8. The number of carbonyl (C=O) groups is 1. The first-order valence-corrected chi connectivity index (χ1v) is 7.95. The van der Waals surface area contributed by atoms with Crippen LogP contribution in [-0.2, 0) is 23.8 Å². The van der Waals surface area contributed by atoms with E-state index in [1.165, 1.54) is 7.11 Å². The van der Waals surface area contributed by atoms with Crippen LogP contribution in [-0.4, -0.2) is 33.9 Å². The number of hydrogen-bond donors (Lipinski definition) is 0. The molecule has 0 spiro atoms. The molecule has 0 aromatic carbocycles. The summed E-state index contributed by atoms with van der Waals surface area (Å²) in [5.74, 6) is -0.000610. The predicted molar refractivity (Wildman–Crippen MR) is 67.5 cm³/mol. The first kappa shape index (κ1) is 15.4. The summed E-state index contributed by atoms with van der Waals surface area (Å²) < 4.78 is 31.9. The van der Waals surface area contributed by atoms with Gasteiger partial charge in [-0.25, -0.2) is 0 Å². The van der Waals surface area contributed by atoms with E-state index in [4.69, 9.17) is 8.92 Å². The van der Waals surface area contributed by atoms with E-state index in [0.717, 1.165) is 19.1 Å². The van der Waals surface area contributed by atoms with E-state index in [1.807, 2.05) is 13.8 Å². The number of esters is 1. The fourth-order valence-corrected chi connectivity index (χ4v) is 3.24. The maximum Gasteiger partial charge on any atom is 0.311 e. The van der Waals surface area contributed by atoms with Crippen molar-refractivity contribution < 1.29 is 22.1 Å². The molecule has 6 heteroatoms. The zero-order valence-electron chi connectivity index (χ0n) is 11.4. The van der Waals surface area contributed by atoms with Gasteiger partial charge in [-0.3, -0.25) is 8.98 Å². The first-order valence-electron chi connectivity index (χ1n) is 6.13.